The number of rotatable bonds is 5. The Morgan fingerprint density at radius 2 is 2.17 bits per heavy atom. The molecule has 0 fully saturated rings. The molecule has 3 N–H and O–H groups in total. The predicted molar refractivity (Wildman–Crippen MR) is 69.0 cm³/mol. The van der Waals surface area contributed by atoms with Crippen molar-refractivity contribution in [2.75, 3.05) is 12.4 Å². The molecule has 0 aromatic heterocycles. The van der Waals surface area contributed by atoms with Crippen LogP contribution in [0.25, 0.3) is 0 Å². The fourth-order valence-corrected chi connectivity index (χ4v) is 1.61. The van der Waals surface area contributed by atoms with Gasteiger partial charge in [0.1, 0.15) is 11.6 Å². The van der Waals surface area contributed by atoms with Crippen molar-refractivity contribution in [3.8, 4) is 5.75 Å². The Kier molecular flexibility index (Phi) is 5.09. The highest BCUT2D eigenvalue weighted by molar-refractivity contribution is 5.95. The Bertz CT molecular complexity index is 421. The van der Waals surface area contributed by atoms with Crippen LogP contribution in [0.4, 0.5) is 10.1 Å². The lowest BCUT2D eigenvalue weighted by Crippen LogP contribution is -2.36. The van der Waals surface area contributed by atoms with Gasteiger partial charge in [-0.05, 0) is 24.5 Å². The molecule has 4 nitrogen and oxygen atoms in total. The van der Waals surface area contributed by atoms with Crippen LogP contribution in [0.5, 0.6) is 5.75 Å². The lowest BCUT2D eigenvalue weighted by Gasteiger charge is -2.15. The van der Waals surface area contributed by atoms with Crippen molar-refractivity contribution >= 4 is 11.6 Å². The third kappa shape index (κ3) is 4.00. The van der Waals surface area contributed by atoms with Crippen molar-refractivity contribution in [2.45, 2.75) is 26.3 Å². The zero-order valence-corrected chi connectivity index (χ0v) is 10.9. The molecule has 1 rings (SSSR count). The molecule has 18 heavy (non-hydrogen) atoms. The minimum atomic E-state index is -0.584. The largest absolute Gasteiger partial charge is 0.494 e. The Morgan fingerprint density at radius 1 is 1.50 bits per heavy atom. The Morgan fingerprint density at radius 3 is 2.72 bits per heavy atom. The standard InChI is InChI=1S/C13H19FN2O2/c1-8(2)6-10(15)13(17)16-11-5-4-9(14)7-12(11)18-3/h4-5,7-8,10H,6,15H2,1-3H3,(H,16,17)/t10-/m1/s1. The summed E-state index contributed by atoms with van der Waals surface area (Å²) < 4.78 is 18.0. The van der Waals surface area contributed by atoms with Crippen LogP contribution in [0, 0.1) is 11.7 Å². The van der Waals surface area contributed by atoms with Gasteiger partial charge in [0.25, 0.3) is 0 Å². The van der Waals surface area contributed by atoms with Crippen LogP contribution in [0.2, 0.25) is 0 Å². The zero-order chi connectivity index (χ0) is 13.7. The highest BCUT2D eigenvalue weighted by Crippen LogP contribution is 2.25. The molecular weight excluding hydrogens is 235 g/mol. The Balaban J connectivity index is 2.75. The number of ether oxygens (including phenoxy) is 1. The monoisotopic (exact) mass is 254 g/mol. The van der Waals surface area contributed by atoms with E-state index < -0.39 is 11.9 Å². The van der Waals surface area contributed by atoms with Crippen LogP contribution < -0.4 is 15.8 Å². The summed E-state index contributed by atoms with van der Waals surface area (Å²) in [6.07, 6.45) is 0.593. The molecule has 1 aromatic carbocycles. The minimum Gasteiger partial charge on any atom is -0.494 e. The first kappa shape index (κ1) is 14.4. The molecule has 0 spiro atoms. The molecule has 0 saturated heterocycles. The number of hydrogen-bond acceptors (Lipinski definition) is 3. The van der Waals surface area contributed by atoms with Gasteiger partial charge in [-0.15, -0.1) is 0 Å². The molecule has 5 heteroatoms. The average molecular weight is 254 g/mol. The Labute approximate surface area is 106 Å². The van der Waals surface area contributed by atoms with E-state index in [1.165, 1.54) is 25.3 Å². The summed E-state index contributed by atoms with van der Waals surface area (Å²) in [6.45, 7) is 3.98. The van der Waals surface area contributed by atoms with Crippen molar-refractivity contribution in [2.24, 2.45) is 11.7 Å². The number of amides is 1. The van der Waals surface area contributed by atoms with Gasteiger partial charge in [0, 0.05) is 6.07 Å². The maximum atomic E-state index is 13.0. The van der Waals surface area contributed by atoms with Gasteiger partial charge < -0.3 is 15.8 Å². The van der Waals surface area contributed by atoms with Gasteiger partial charge in [-0.2, -0.15) is 0 Å². The summed E-state index contributed by atoms with van der Waals surface area (Å²) in [5.41, 5.74) is 6.18. The van der Waals surface area contributed by atoms with Crippen LogP contribution in [0.15, 0.2) is 18.2 Å². The minimum absolute atomic E-state index is 0.278. The molecule has 0 saturated carbocycles. The van der Waals surface area contributed by atoms with E-state index in [0.29, 0.717) is 18.0 Å². The van der Waals surface area contributed by atoms with E-state index in [0.717, 1.165) is 0 Å². The smallest absolute Gasteiger partial charge is 0.241 e. The summed E-state index contributed by atoms with van der Waals surface area (Å²) in [5.74, 6) is -0.106. The van der Waals surface area contributed by atoms with E-state index in [1.807, 2.05) is 13.8 Å². The van der Waals surface area contributed by atoms with E-state index >= 15 is 0 Å². The van der Waals surface area contributed by atoms with Crippen LogP contribution in [-0.4, -0.2) is 19.1 Å². The summed E-state index contributed by atoms with van der Waals surface area (Å²) in [6, 6.07) is 3.34. The number of nitrogens with one attached hydrogen (secondary N) is 1. The zero-order valence-electron chi connectivity index (χ0n) is 10.9. The third-order valence-electron chi connectivity index (χ3n) is 2.48. The van der Waals surface area contributed by atoms with Crippen molar-refractivity contribution in [1.82, 2.24) is 0 Å². The second-order valence-corrected chi connectivity index (χ2v) is 4.57. The topological polar surface area (TPSA) is 64.3 Å². The summed E-state index contributed by atoms with van der Waals surface area (Å²) in [4.78, 5) is 11.8. The van der Waals surface area contributed by atoms with Gasteiger partial charge in [-0.25, -0.2) is 4.39 Å². The van der Waals surface area contributed by atoms with Gasteiger partial charge >= 0.3 is 0 Å². The number of methoxy groups -OCH3 is 1. The third-order valence-corrected chi connectivity index (χ3v) is 2.48. The van der Waals surface area contributed by atoms with Gasteiger partial charge in [0.2, 0.25) is 5.91 Å². The first-order valence-electron chi connectivity index (χ1n) is 5.84. The SMILES string of the molecule is COc1cc(F)ccc1NC(=O)[C@H](N)CC(C)C. The average Bonchev–Trinajstić information content (AvgIpc) is 2.30. The van der Waals surface area contributed by atoms with Crippen LogP contribution >= 0.6 is 0 Å². The Hall–Kier alpha value is -1.62. The summed E-state index contributed by atoms with van der Waals surface area (Å²) in [7, 11) is 1.42. The van der Waals surface area contributed by atoms with Crippen molar-refractivity contribution in [3.05, 3.63) is 24.0 Å². The molecule has 0 radical (unpaired) electrons. The molecule has 1 aromatic rings. The summed E-state index contributed by atoms with van der Waals surface area (Å²) >= 11 is 0. The second-order valence-electron chi connectivity index (χ2n) is 4.57. The molecule has 100 valence electrons. The fraction of sp³-hybridized carbons (Fsp3) is 0.462. The van der Waals surface area contributed by atoms with Gasteiger partial charge in [-0.1, -0.05) is 13.8 Å². The van der Waals surface area contributed by atoms with Crippen LogP contribution in [0.1, 0.15) is 20.3 Å². The number of carbonyl (C=O) groups is 1. The van der Waals surface area contributed by atoms with Gasteiger partial charge in [0.15, 0.2) is 0 Å². The molecule has 0 bridgehead atoms. The molecule has 0 unspecified atom stereocenters. The van der Waals surface area contributed by atoms with E-state index in [9.17, 15) is 9.18 Å². The molecule has 0 aliphatic carbocycles. The highest BCUT2D eigenvalue weighted by Gasteiger charge is 2.16. The maximum absolute atomic E-state index is 13.0. The van der Waals surface area contributed by atoms with Crippen molar-refractivity contribution in [1.29, 1.82) is 0 Å². The number of nitrogens with two attached hydrogens (primary N) is 1. The highest BCUT2D eigenvalue weighted by atomic mass is 19.1. The van der Waals surface area contributed by atoms with Crippen LogP contribution in [0.3, 0.4) is 0 Å². The second kappa shape index (κ2) is 6.35. The number of halogens is 1. The lowest BCUT2D eigenvalue weighted by atomic mass is 10.0. The van der Waals surface area contributed by atoms with E-state index in [4.69, 9.17) is 10.5 Å². The first-order chi connectivity index (χ1) is 8.43. The first-order valence-corrected chi connectivity index (χ1v) is 5.84. The van der Waals surface area contributed by atoms with Crippen molar-refractivity contribution in [3.63, 3.8) is 0 Å². The number of hydrogen-bond donors (Lipinski definition) is 2. The molecular formula is C13H19FN2O2. The fourth-order valence-electron chi connectivity index (χ4n) is 1.61. The molecule has 1 amide bonds. The van der Waals surface area contributed by atoms with E-state index in [2.05, 4.69) is 5.32 Å². The lowest BCUT2D eigenvalue weighted by molar-refractivity contribution is -0.117. The predicted octanol–water partition coefficient (Wildman–Crippen LogP) is 2.15. The van der Waals surface area contributed by atoms with Gasteiger partial charge in [-0.3, -0.25) is 4.79 Å². The quantitative estimate of drug-likeness (QED) is 0.846. The van der Waals surface area contributed by atoms with Crippen LogP contribution in [-0.2, 0) is 4.79 Å². The van der Waals surface area contributed by atoms with E-state index in [1.54, 1.807) is 0 Å². The van der Waals surface area contributed by atoms with Crippen molar-refractivity contribution < 1.29 is 13.9 Å². The normalized spacial score (nSPS) is 12.3. The molecule has 0 heterocycles. The number of carbonyl (C=O) groups excluding carboxylic acids is 1. The summed E-state index contributed by atoms with van der Waals surface area (Å²) in [5, 5.41) is 2.64. The number of anilines is 1. The maximum Gasteiger partial charge on any atom is 0.241 e. The molecule has 0 aliphatic heterocycles. The van der Waals surface area contributed by atoms with E-state index in [-0.39, 0.29) is 11.7 Å². The number of benzene rings is 1. The van der Waals surface area contributed by atoms with Gasteiger partial charge in [0.05, 0.1) is 18.8 Å². The molecule has 1 atom stereocenters. The molecule has 0 aliphatic rings.